The van der Waals surface area contributed by atoms with E-state index in [2.05, 4.69) is 15.5 Å². The highest BCUT2D eigenvalue weighted by Crippen LogP contribution is 2.37. The molecule has 7 heteroatoms. The van der Waals surface area contributed by atoms with Crippen molar-refractivity contribution in [2.75, 3.05) is 11.1 Å². The van der Waals surface area contributed by atoms with E-state index < -0.39 is 5.54 Å². The molecule has 0 unspecified atom stereocenters. The number of hydrogen-bond donors (Lipinski definition) is 2. The lowest BCUT2D eigenvalue weighted by Crippen LogP contribution is -2.34. The van der Waals surface area contributed by atoms with Crippen LogP contribution in [-0.2, 0) is 10.3 Å². The maximum Gasteiger partial charge on any atom is 0.258 e. The van der Waals surface area contributed by atoms with Gasteiger partial charge in [-0.15, -0.1) is 11.8 Å². The molecular weight excluding hydrogens is 312 g/mol. The third-order valence-corrected chi connectivity index (χ3v) is 5.53. The highest BCUT2D eigenvalue weighted by molar-refractivity contribution is 7.99. The van der Waals surface area contributed by atoms with Crippen LogP contribution in [0.1, 0.15) is 37.9 Å². The van der Waals surface area contributed by atoms with Gasteiger partial charge in [-0.05, 0) is 31.0 Å². The zero-order valence-electron chi connectivity index (χ0n) is 12.7. The lowest BCUT2D eigenvalue weighted by atomic mass is 9.99. The molecule has 0 bridgehead atoms. The van der Waals surface area contributed by atoms with Crippen molar-refractivity contribution < 1.29 is 9.32 Å². The Balaban J connectivity index is 1.66. The van der Waals surface area contributed by atoms with Gasteiger partial charge < -0.3 is 15.6 Å². The number of carbonyl (C=O) groups excluding carboxylic acids is 1. The second-order valence-corrected chi connectivity index (χ2v) is 7.28. The summed E-state index contributed by atoms with van der Waals surface area (Å²) in [5.74, 6) is 1.85. The standard InChI is InChI=1S/C16H18N4O2S/c17-16(6-1-2-7-16)15-19-14(22-20-15)10-3-4-12-11(9-10)18-13(21)5-8-23-12/h3-4,9H,1-2,5-8,17H2,(H,18,21). The van der Waals surface area contributed by atoms with Gasteiger partial charge in [-0.3, -0.25) is 4.79 Å². The number of thioether (sulfide) groups is 1. The number of nitrogens with zero attached hydrogens (tertiary/aromatic N) is 2. The molecule has 23 heavy (non-hydrogen) atoms. The molecule has 1 fully saturated rings. The maximum absolute atomic E-state index is 11.7. The summed E-state index contributed by atoms with van der Waals surface area (Å²) in [6, 6.07) is 5.82. The van der Waals surface area contributed by atoms with E-state index in [1.165, 1.54) is 0 Å². The zero-order valence-corrected chi connectivity index (χ0v) is 13.5. The molecule has 0 radical (unpaired) electrons. The first kappa shape index (κ1) is 14.7. The monoisotopic (exact) mass is 330 g/mol. The highest BCUT2D eigenvalue weighted by Gasteiger charge is 2.36. The maximum atomic E-state index is 11.7. The van der Waals surface area contributed by atoms with E-state index in [0.29, 0.717) is 18.1 Å². The smallest absolute Gasteiger partial charge is 0.258 e. The fourth-order valence-corrected chi connectivity index (χ4v) is 4.06. The van der Waals surface area contributed by atoms with Crippen molar-refractivity contribution in [3.8, 4) is 11.5 Å². The number of amides is 1. The summed E-state index contributed by atoms with van der Waals surface area (Å²) < 4.78 is 5.42. The number of aromatic nitrogens is 2. The van der Waals surface area contributed by atoms with E-state index in [4.69, 9.17) is 10.3 Å². The van der Waals surface area contributed by atoms with Gasteiger partial charge in [-0.1, -0.05) is 18.0 Å². The van der Waals surface area contributed by atoms with Crippen LogP contribution in [0.15, 0.2) is 27.6 Å². The predicted octanol–water partition coefficient (Wildman–Crippen LogP) is 2.90. The van der Waals surface area contributed by atoms with Gasteiger partial charge in [-0.2, -0.15) is 4.98 Å². The highest BCUT2D eigenvalue weighted by atomic mass is 32.2. The fourth-order valence-electron chi connectivity index (χ4n) is 3.13. The fraction of sp³-hybridized carbons (Fsp3) is 0.438. The number of carbonyl (C=O) groups is 1. The van der Waals surface area contributed by atoms with Gasteiger partial charge >= 0.3 is 0 Å². The van der Waals surface area contributed by atoms with Crippen molar-refractivity contribution in [3.05, 3.63) is 24.0 Å². The summed E-state index contributed by atoms with van der Waals surface area (Å²) in [7, 11) is 0. The minimum absolute atomic E-state index is 0.0338. The average molecular weight is 330 g/mol. The summed E-state index contributed by atoms with van der Waals surface area (Å²) in [6.07, 6.45) is 4.51. The molecule has 0 saturated heterocycles. The van der Waals surface area contributed by atoms with Crippen LogP contribution in [0.2, 0.25) is 0 Å². The summed E-state index contributed by atoms with van der Waals surface area (Å²) >= 11 is 1.67. The third kappa shape index (κ3) is 2.74. The Labute approximate surface area is 138 Å². The summed E-state index contributed by atoms with van der Waals surface area (Å²) in [4.78, 5) is 17.3. The van der Waals surface area contributed by atoms with Crippen LogP contribution in [0, 0.1) is 0 Å². The predicted molar refractivity (Wildman–Crippen MR) is 88.0 cm³/mol. The summed E-state index contributed by atoms with van der Waals surface area (Å²) in [5.41, 5.74) is 7.52. The van der Waals surface area contributed by atoms with Gasteiger partial charge in [-0.25, -0.2) is 0 Å². The molecule has 1 saturated carbocycles. The van der Waals surface area contributed by atoms with Crippen molar-refractivity contribution in [2.24, 2.45) is 5.73 Å². The SMILES string of the molecule is NC1(c2noc(-c3ccc4c(c3)NC(=O)CCS4)n2)CCCC1. The molecule has 0 atom stereocenters. The van der Waals surface area contributed by atoms with E-state index in [1.54, 1.807) is 11.8 Å². The van der Waals surface area contributed by atoms with Crippen molar-refractivity contribution in [2.45, 2.75) is 42.5 Å². The lowest BCUT2D eigenvalue weighted by molar-refractivity contribution is -0.115. The van der Waals surface area contributed by atoms with Gasteiger partial charge in [0.05, 0.1) is 11.2 Å². The molecular formula is C16H18N4O2S. The molecule has 2 heterocycles. The molecule has 1 aromatic carbocycles. The normalized spacial score (nSPS) is 20.0. The van der Waals surface area contributed by atoms with Crippen LogP contribution in [0.25, 0.3) is 11.5 Å². The van der Waals surface area contributed by atoms with Gasteiger partial charge in [0.15, 0.2) is 5.82 Å². The minimum atomic E-state index is -0.461. The first-order chi connectivity index (χ1) is 11.1. The van der Waals surface area contributed by atoms with E-state index in [9.17, 15) is 4.79 Å². The minimum Gasteiger partial charge on any atom is -0.334 e. The summed E-state index contributed by atoms with van der Waals surface area (Å²) in [6.45, 7) is 0. The zero-order chi connectivity index (χ0) is 15.9. The molecule has 2 aromatic rings. The second kappa shape index (κ2) is 5.65. The molecule has 3 N–H and O–H groups in total. The molecule has 1 aromatic heterocycles. The number of fused-ring (bicyclic) bond motifs is 1. The van der Waals surface area contributed by atoms with Gasteiger partial charge in [0.1, 0.15) is 0 Å². The molecule has 4 rings (SSSR count). The van der Waals surface area contributed by atoms with Gasteiger partial charge in [0.2, 0.25) is 5.91 Å². The Kier molecular flexibility index (Phi) is 3.61. The lowest BCUT2D eigenvalue weighted by Gasteiger charge is -2.17. The molecule has 2 aliphatic rings. The van der Waals surface area contributed by atoms with Crippen LogP contribution >= 0.6 is 11.8 Å². The van der Waals surface area contributed by atoms with E-state index in [-0.39, 0.29) is 5.91 Å². The largest absolute Gasteiger partial charge is 0.334 e. The Morgan fingerprint density at radius 3 is 2.96 bits per heavy atom. The Hall–Kier alpha value is -1.86. The first-order valence-corrected chi connectivity index (χ1v) is 8.83. The van der Waals surface area contributed by atoms with Crippen molar-refractivity contribution in [1.82, 2.24) is 10.1 Å². The number of rotatable bonds is 2. The molecule has 0 spiro atoms. The molecule has 6 nitrogen and oxygen atoms in total. The molecule has 1 aliphatic heterocycles. The van der Waals surface area contributed by atoms with Crippen LogP contribution < -0.4 is 11.1 Å². The van der Waals surface area contributed by atoms with Crippen LogP contribution in [-0.4, -0.2) is 21.8 Å². The number of nitrogens with one attached hydrogen (secondary N) is 1. The Morgan fingerprint density at radius 2 is 2.13 bits per heavy atom. The average Bonchev–Trinajstić information content (AvgIpc) is 3.15. The number of anilines is 1. The van der Waals surface area contributed by atoms with Crippen LogP contribution in [0.4, 0.5) is 5.69 Å². The Bertz CT molecular complexity index is 752. The topological polar surface area (TPSA) is 94.0 Å². The molecule has 1 aliphatic carbocycles. The van der Waals surface area contributed by atoms with Crippen LogP contribution in [0.3, 0.4) is 0 Å². The number of benzene rings is 1. The number of hydrogen-bond acceptors (Lipinski definition) is 6. The first-order valence-electron chi connectivity index (χ1n) is 7.84. The molecule has 120 valence electrons. The van der Waals surface area contributed by atoms with E-state index in [0.717, 1.165) is 47.6 Å². The van der Waals surface area contributed by atoms with Gasteiger partial charge in [0, 0.05) is 22.6 Å². The quantitative estimate of drug-likeness (QED) is 0.879. The van der Waals surface area contributed by atoms with Crippen molar-refractivity contribution in [3.63, 3.8) is 0 Å². The van der Waals surface area contributed by atoms with Crippen molar-refractivity contribution >= 4 is 23.4 Å². The van der Waals surface area contributed by atoms with Crippen LogP contribution in [0.5, 0.6) is 0 Å². The van der Waals surface area contributed by atoms with Gasteiger partial charge in [0.25, 0.3) is 5.89 Å². The van der Waals surface area contributed by atoms with E-state index in [1.807, 2.05) is 18.2 Å². The summed E-state index contributed by atoms with van der Waals surface area (Å²) in [5, 5.41) is 7.02. The van der Waals surface area contributed by atoms with Crippen molar-refractivity contribution in [1.29, 1.82) is 0 Å². The number of nitrogens with two attached hydrogens (primary N) is 1. The molecule has 1 amide bonds. The third-order valence-electron chi connectivity index (χ3n) is 4.45. The second-order valence-electron chi connectivity index (χ2n) is 6.14. The Morgan fingerprint density at radius 1 is 1.30 bits per heavy atom. The van der Waals surface area contributed by atoms with E-state index >= 15 is 0 Å².